The van der Waals surface area contributed by atoms with Gasteiger partial charge in [0.05, 0.1) is 18.7 Å². The number of amides is 1. The molecular formula is C16H16BrNO2. The molecule has 0 fully saturated rings. The number of hydrogen-bond donors (Lipinski definition) is 1. The number of hydrogen-bond acceptors (Lipinski definition) is 2. The molecule has 0 unspecified atom stereocenters. The van der Waals surface area contributed by atoms with Gasteiger partial charge in [-0.2, -0.15) is 0 Å². The number of nitrogens with one attached hydrogen (secondary N) is 1. The van der Waals surface area contributed by atoms with E-state index in [4.69, 9.17) is 4.74 Å². The molecule has 2 aromatic carbocycles. The summed E-state index contributed by atoms with van der Waals surface area (Å²) in [5.41, 5.74) is 1.59. The number of para-hydroxylation sites is 1. The molecule has 0 heterocycles. The molecule has 1 N–H and O–H groups in total. The minimum Gasteiger partial charge on any atom is -0.496 e. The molecule has 0 aliphatic heterocycles. The third-order valence-corrected chi connectivity index (χ3v) is 3.60. The maximum absolute atomic E-state index is 12.3. The van der Waals surface area contributed by atoms with Crippen LogP contribution in [-0.2, 0) is 0 Å². The van der Waals surface area contributed by atoms with Gasteiger partial charge in [0.15, 0.2) is 0 Å². The van der Waals surface area contributed by atoms with E-state index in [2.05, 4.69) is 21.2 Å². The Kier molecular flexibility index (Phi) is 4.79. The highest BCUT2D eigenvalue weighted by Crippen LogP contribution is 2.20. The largest absolute Gasteiger partial charge is 0.496 e. The van der Waals surface area contributed by atoms with Gasteiger partial charge in [0.1, 0.15) is 5.75 Å². The summed E-state index contributed by atoms with van der Waals surface area (Å²) in [6, 6.07) is 15.0. The van der Waals surface area contributed by atoms with Gasteiger partial charge in [0.2, 0.25) is 0 Å². The Morgan fingerprint density at radius 1 is 1.15 bits per heavy atom. The molecule has 20 heavy (non-hydrogen) atoms. The van der Waals surface area contributed by atoms with Crippen LogP contribution in [0.3, 0.4) is 0 Å². The first kappa shape index (κ1) is 14.6. The van der Waals surface area contributed by atoms with Gasteiger partial charge in [-0.15, -0.1) is 0 Å². The van der Waals surface area contributed by atoms with Crippen LogP contribution in [0.25, 0.3) is 0 Å². The third-order valence-electron chi connectivity index (χ3n) is 3.07. The highest BCUT2D eigenvalue weighted by Gasteiger charge is 2.14. The maximum atomic E-state index is 12.3. The molecule has 0 aliphatic carbocycles. The second-order valence-corrected chi connectivity index (χ2v) is 5.36. The van der Waals surface area contributed by atoms with E-state index in [9.17, 15) is 4.79 Å². The van der Waals surface area contributed by atoms with Crippen molar-refractivity contribution in [2.24, 2.45) is 0 Å². The van der Waals surface area contributed by atoms with Crippen LogP contribution in [0.4, 0.5) is 0 Å². The van der Waals surface area contributed by atoms with Gasteiger partial charge in [-0.25, -0.2) is 0 Å². The predicted octanol–water partition coefficient (Wildman–Crippen LogP) is 3.95. The summed E-state index contributed by atoms with van der Waals surface area (Å²) in [7, 11) is 1.56. The molecule has 0 aromatic heterocycles. The van der Waals surface area contributed by atoms with Crippen molar-refractivity contribution in [2.45, 2.75) is 13.0 Å². The molecule has 2 aromatic rings. The molecule has 104 valence electrons. The Balaban J connectivity index is 2.13. The number of benzene rings is 2. The topological polar surface area (TPSA) is 38.3 Å². The fourth-order valence-electron chi connectivity index (χ4n) is 1.94. The first-order valence-electron chi connectivity index (χ1n) is 6.31. The average molecular weight is 334 g/mol. The summed E-state index contributed by atoms with van der Waals surface area (Å²) in [5.74, 6) is 0.436. The highest BCUT2D eigenvalue weighted by molar-refractivity contribution is 9.10. The van der Waals surface area contributed by atoms with Gasteiger partial charge in [-0.3, -0.25) is 4.79 Å². The minimum atomic E-state index is -0.141. The van der Waals surface area contributed by atoms with E-state index >= 15 is 0 Å². The van der Waals surface area contributed by atoms with E-state index in [1.165, 1.54) is 0 Å². The summed E-state index contributed by atoms with van der Waals surface area (Å²) in [6.07, 6.45) is 0. The van der Waals surface area contributed by atoms with E-state index in [1.807, 2.05) is 43.3 Å². The van der Waals surface area contributed by atoms with Gasteiger partial charge >= 0.3 is 0 Å². The van der Waals surface area contributed by atoms with Crippen LogP contribution < -0.4 is 10.1 Å². The standard InChI is InChI=1S/C16H16BrNO2/c1-11(12-7-9-13(17)10-8-12)18-16(19)14-5-3-4-6-15(14)20-2/h3-11H,1-2H3,(H,18,19)/t11-/m1/s1. The summed E-state index contributed by atoms with van der Waals surface area (Å²) in [5, 5.41) is 2.97. The Hall–Kier alpha value is -1.81. The lowest BCUT2D eigenvalue weighted by Crippen LogP contribution is -2.27. The first-order chi connectivity index (χ1) is 9.61. The second kappa shape index (κ2) is 6.57. The number of methoxy groups -OCH3 is 1. The second-order valence-electron chi connectivity index (χ2n) is 4.45. The van der Waals surface area contributed by atoms with Gasteiger partial charge in [0.25, 0.3) is 5.91 Å². The maximum Gasteiger partial charge on any atom is 0.255 e. The third kappa shape index (κ3) is 3.39. The Morgan fingerprint density at radius 3 is 2.45 bits per heavy atom. The van der Waals surface area contributed by atoms with Crippen molar-refractivity contribution in [1.29, 1.82) is 0 Å². The molecule has 1 amide bonds. The van der Waals surface area contributed by atoms with Gasteiger partial charge in [-0.1, -0.05) is 40.2 Å². The van der Waals surface area contributed by atoms with Crippen molar-refractivity contribution in [3.05, 3.63) is 64.1 Å². The van der Waals surface area contributed by atoms with E-state index in [1.54, 1.807) is 19.2 Å². The molecule has 4 heteroatoms. The molecule has 0 bridgehead atoms. The predicted molar refractivity (Wildman–Crippen MR) is 83.0 cm³/mol. The molecule has 0 saturated carbocycles. The van der Waals surface area contributed by atoms with Crippen LogP contribution in [0.2, 0.25) is 0 Å². The lowest BCUT2D eigenvalue weighted by molar-refractivity contribution is 0.0937. The van der Waals surface area contributed by atoms with Crippen molar-refractivity contribution in [3.63, 3.8) is 0 Å². The Labute approximate surface area is 127 Å². The quantitative estimate of drug-likeness (QED) is 0.919. The van der Waals surface area contributed by atoms with Crippen molar-refractivity contribution in [3.8, 4) is 5.75 Å². The van der Waals surface area contributed by atoms with E-state index < -0.39 is 0 Å². The summed E-state index contributed by atoms with van der Waals surface area (Å²) >= 11 is 3.40. The summed E-state index contributed by atoms with van der Waals surface area (Å²) in [4.78, 5) is 12.3. The van der Waals surface area contributed by atoms with Crippen molar-refractivity contribution in [2.75, 3.05) is 7.11 Å². The zero-order valence-electron chi connectivity index (χ0n) is 11.4. The zero-order valence-corrected chi connectivity index (χ0v) is 13.0. The van der Waals surface area contributed by atoms with Gasteiger partial charge in [-0.05, 0) is 36.8 Å². The highest BCUT2D eigenvalue weighted by atomic mass is 79.9. The number of ether oxygens (including phenoxy) is 1. The number of carbonyl (C=O) groups excluding carboxylic acids is 1. The van der Waals surface area contributed by atoms with Crippen LogP contribution >= 0.6 is 15.9 Å². The fraction of sp³-hybridized carbons (Fsp3) is 0.188. The molecule has 0 saturated heterocycles. The van der Waals surface area contributed by atoms with Crippen molar-refractivity contribution < 1.29 is 9.53 Å². The van der Waals surface area contributed by atoms with Crippen LogP contribution in [0.1, 0.15) is 28.9 Å². The number of carbonyl (C=O) groups is 1. The smallest absolute Gasteiger partial charge is 0.255 e. The van der Waals surface area contributed by atoms with E-state index in [-0.39, 0.29) is 11.9 Å². The van der Waals surface area contributed by atoms with Crippen LogP contribution in [-0.4, -0.2) is 13.0 Å². The normalized spacial score (nSPS) is 11.8. The molecule has 0 spiro atoms. The average Bonchev–Trinajstić information content (AvgIpc) is 2.47. The minimum absolute atomic E-state index is 0.0690. The Bertz CT molecular complexity index is 596. The van der Waals surface area contributed by atoms with E-state index in [0.717, 1.165) is 10.0 Å². The molecule has 0 radical (unpaired) electrons. The van der Waals surface area contributed by atoms with Gasteiger partial charge in [0, 0.05) is 4.47 Å². The number of rotatable bonds is 4. The lowest BCUT2D eigenvalue weighted by Gasteiger charge is -2.15. The molecule has 3 nitrogen and oxygen atoms in total. The van der Waals surface area contributed by atoms with Crippen LogP contribution in [0, 0.1) is 0 Å². The van der Waals surface area contributed by atoms with Gasteiger partial charge < -0.3 is 10.1 Å². The lowest BCUT2D eigenvalue weighted by atomic mass is 10.1. The first-order valence-corrected chi connectivity index (χ1v) is 7.10. The SMILES string of the molecule is COc1ccccc1C(=O)N[C@H](C)c1ccc(Br)cc1. The zero-order chi connectivity index (χ0) is 14.5. The monoisotopic (exact) mass is 333 g/mol. The molecule has 2 rings (SSSR count). The van der Waals surface area contributed by atoms with Crippen molar-refractivity contribution >= 4 is 21.8 Å². The summed E-state index contributed by atoms with van der Waals surface area (Å²) in [6.45, 7) is 1.95. The van der Waals surface area contributed by atoms with E-state index in [0.29, 0.717) is 11.3 Å². The molecule has 0 aliphatic rings. The van der Waals surface area contributed by atoms with Crippen LogP contribution in [0.5, 0.6) is 5.75 Å². The fourth-order valence-corrected chi connectivity index (χ4v) is 2.21. The summed E-state index contributed by atoms with van der Waals surface area (Å²) < 4.78 is 6.22. The molecular weight excluding hydrogens is 318 g/mol. The molecule has 1 atom stereocenters. The number of halogens is 1. The van der Waals surface area contributed by atoms with Crippen molar-refractivity contribution in [1.82, 2.24) is 5.32 Å². The van der Waals surface area contributed by atoms with Crippen LogP contribution in [0.15, 0.2) is 53.0 Å². The Morgan fingerprint density at radius 2 is 1.80 bits per heavy atom.